The Morgan fingerprint density at radius 2 is 2.42 bits per heavy atom. The SMILES string of the molecule is CC(C)CCC1=NO[C@@H](CCl)C1. The van der Waals surface area contributed by atoms with Crippen LogP contribution in [0.25, 0.3) is 0 Å². The van der Waals surface area contributed by atoms with Crippen LogP contribution in [0.1, 0.15) is 33.1 Å². The third-order valence-corrected chi connectivity index (χ3v) is 2.32. The standard InChI is InChI=1S/C9H16ClNO/c1-7(2)3-4-8-5-9(6-10)12-11-8/h7,9H,3-6H2,1-2H3/t9-/m1/s1. The Hall–Kier alpha value is -0.240. The molecular weight excluding hydrogens is 174 g/mol. The van der Waals surface area contributed by atoms with E-state index in [2.05, 4.69) is 19.0 Å². The van der Waals surface area contributed by atoms with Gasteiger partial charge in [-0.1, -0.05) is 19.0 Å². The van der Waals surface area contributed by atoms with Gasteiger partial charge in [0, 0.05) is 6.42 Å². The molecule has 0 spiro atoms. The van der Waals surface area contributed by atoms with Gasteiger partial charge in [0.2, 0.25) is 0 Å². The van der Waals surface area contributed by atoms with Crippen molar-refractivity contribution >= 4 is 17.3 Å². The second-order valence-corrected chi connectivity index (χ2v) is 3.98. The van der Waals surface area contributed by atoms with Gasteiger partial charge in [0.05, 0.1) is 11.6 Å². The van der Waals surface area contributed by atoms with Crippen LogP contribution in [0.15, 0.2) is 5.16 Å². The van der Waals surface area contributed by atoms with Crippen LogP contribution >= 0.6 is 11.6 Å². The van der Waals surface area contributed by atoms with Gasteiger partial charge in [-0.2, -0.15) is 0 Å². The zero-order valence-corrected chi connectivity index (χ0v) is 8.47. The first-order chi connectivity index (χ1) is 5.72. The Morgan fingerprint density at radius 1 is 1.67 bits per heavy atom. The number of rotatable bonds is 4. The summed E-state index contributed by atoms with van der Waals surface area (Å²) in [5.41, 5.74) is 1.18. The molecule has 12 heavy (non-hydrogen) atoms. The monoisotopic (exact) mass is 189 g/mol. The predicted molar refractivity (Wildman–Crippen MR) is 51.7 cm³/mol. The summed E-state index contributed by atoms with van der Waals surface area (Å²) in [6.07, 6.45) is 3.31. The Balaban J connectivity index is 2.18. The molecule has 1 aliphatic rings. The van der Waals surface area contributed by atoms with Crippen LogP contribution in [0.4, 0.5) is 0 Å². The summed E-state index contributed by atoms with van der Waals surface area (Å²) in [4.78, 5) is 5.10. The average molecular weight is 190 g/mol. The number of oxime groups is 1. The fraction of sp³-hybridized carbons (Fsp3) is 0.889. The highest BCUT2D eigenvalue weighted by Crippen LogP contribution is 2.16. The molecule has 0 unspecified atom stereocenters. The van der Waals surface area contributed by atoms with E-state index in [1.807, 2.05) is 0 Å². The zero-order valence-electron chi connectivity index (χ0n) is 7.72. The lowest BCUT2D eigenvalue weighted by molar-refractivity contribution is 0.102. The smallest absolute Gasteiger partial charge is 0.146 e. The number of alkyl halides is 1. The largest absolute Gasteiger partial charge is 0.391 e. The molecule has 0 radical (unpaired) electrons. The zero-order chi connectivity index (χ0) is 8.97. The molecule has 2 nitrogen and oxygen atoms in total. The minimum absolute atomic E-state index is 0.133. The van der Waals surface area contributed by atoms with Crippen LogP contribution in [0, 0.1) is 5.92 Å². The van der Waals surface area contributed by atoms with Crippen LogP contribution in [-0.4, -0.2) is 17.7 Å². The average Bonchev–Trinajstić information content (AvgIpc) is 2.48. The van der Waals surface area contributed by atoms with Crippen LogP contribution in [0.5, 0.6) is 0 Å². The van der Waals surface area contributed by atoms with E-state index in [1.54, 1.807) is 0 Å². The van der Waals surface area contributed by atoms with E-state index in [0.717, 1.165) is 18.8 Å². The molecule has 1 heterocycles. The van der Waals surface area contributed by atoms with Gasteiger partial charge in [0.15, 0.2) is 0 Å². The van der Waals surface area contributed by atoms with Crippen molar-refractivity contribution in [1.29, 1.82) is 0 Å². The number of hydrogen-bond acceptors (Lipinski definition) is 2. The predicted octanol–water partition coefficient (Wildman–Crippen LogP) is 2.81. The molecule has 0 aromatic rings. The van der Waals surface area contributed by atoms with Gasteiger partial charge in [-0.15, -0.1) is 11.6 Å². The molecule has 70 valence electrons. The molecule has 1 atom stereocenters. The van der Waals surface area contributed by atoms with Gasteiger partial charge in [-0.05, 0) is 18.8 Å². The normalized spacial score (nSPS) is 22.7. The summed E-state index contributed by atoms with van der Waals surface area (Å²) in [6.45, 7) is 4.44. The minimum Gasteiger partial charge on any atom is -0.391 e. The summed E-state index contributed by atoms with van der Waals surface area (Å²) in [7, 11) is 0. The fourth-order valence-electron chi connectivity index (χ4n) is 1.17. The van der Waals surface area contributed by atoms with E-state index in [0.29, 0.717) is 5.88 Å². The molecule has 0 saturated heterocycles. The van der Waals surface area contributed by atoms with Crippen LogP contribution in [-0.2, 0) is 4.84 Å². The number of halogens is 1. The van der Waals surface area contributed by atoms with Crippen molar-refractivity contribution in [2.24, 2.45) is 11.1 Å². The number of hydrogen-bond donors (Lipinski definition) is 0. The van der Waals surface area contributed by atoms with E-state index >= 15 is 0 Å². The number of nitrogens with zero attached hydrogens (tertiary/aromatic N) is 1. The maximum atomic E-state index is 5.64. The van der Waals surface area contributed by atoms with Crippen molar-refractivity contribution in [3.63, 3.8) is 0 Å². The van der Waals surface area contributed by atoms with E-state index in [4.69, 9.17) is 16.4 Å². The van der Waals surface area contributed by atoms with Crippen molar-refractivity contribution in [1.82, 2.24) is 0 Å². The van der Waals surface area contributed by atoms with Crippen molar-refractivity contribution in [2.45, 2.75) is 39.2 Å². The molecule has 1 rings (SSSR count). The lowest BCUT2D eigenvalue weighted by Crippen LogP contribution is -2.09. The lowest BCUT2D eigenvalue weighted by atomic mass is 10.0. The van der Waals surface area contributed by atoms with Crippen molar-refractivity contribution < 1.29 is 4.84 Å². The Labute approximate surface area is 78.9 Å². The van der Waals surface area contributed by atoms with Gasteiger partial charge in [0.25, 0.3) is 0 Å². The van der Waals surface area contributed by atoms with Crippen LogP contribution in [0.2, 0.25) is 0 Å². The summed E-state index contributed by atoms with van der Waals surface area (Å²) in [6, 6.07) is 0. The molecule has 0 bridgehead atoms. The molecule has 3 heteroatoms. The third kappa shape index (κ3) is 3.02. The Bertz CT molecular complexity index is 168. The molecule has 0 aromatic carbocycles. The second kappa shape index (κ2) is 4.70. The first-order valence-electron chi connectivity index (χ1n) is 4.50. The van der Waals surface area contributed by atoms with Gasteiger partial charge in [-0.3, -0.25) is 0 Å². The molecule has 0 aromatic heterocycles. The third-order valence-electron chi connectivity index (χ3n) is 1.98. The Morgan fingerprint density at radius 3 is 2.92 bits per heavy atom. The van der Waals surface area contributed by atoms with Crippen molar-refractivity contribution in [3.8, 4) is 0 Å². The van der Waals surface area contributed by atoms with Gasteiger partial charge < -0.3 is 4.84 Å². The van der Waals surface area contributed by atoms with Gasteiger partial charge in [0.1, 0.15) is 6.10 Å². The highest BCUT2D eigenvalue weighted by atomic mass is 35.5. The quantitative estimate of drug-likeness (QED) is 0.624. The first kappa shape index (κ1) is 9.85. The molecule has 0 aliphatic carbocycles. The van der Waals surface area contributed by atoms with Crippen LogP contribution < -0.4 is 0 Å². The minimum atomic E-state index is 0.133. The summed E-state index contributed by atoms with van der Waals surface area (Å²) >= 11 is 5.64. The molecule has 0 amide bonds. The molecule has 1 aliphatic heterocycles. The highest BCUT2D eigenvalue weighted by Gasteiger charge is 2.19. The highest BCUT2D eigenvalue weighted by molar-refractivity contribution is 6.18. The van der Waals surface area contributed by atoms with Crippen molar-refractivity contribution in [2.75, 3.05) is 5.88 Å². The van der Waals surface area contributed by atoms with Crippen LogP contribution in [0.3, 0.4) is 0 Å². The first-order valence-corrected chi connectivity index (χ1v) is 5.03. The summed E-state index contributed by atoms with van der Waals surface area (Å²) in [5, 5.41) is 3.99. The second-order valence-electron chi connectivity index (χ2n) is 3.68. The molecule has 0 fully saturated rings. The summed E-state index contributed by atoms with van der Waals surface area (Å²) < 4.78 is 0. The maximum absolute atomic E-state index is 5.64. The van der Waals surface area contributed by atoms with Gasteiger partial charge in [-0.25, -0.2) is 0 Å². The van der Waals surface area contributed by atoms with Crippen molar-refractivity contribution in [3.05, 3.63) is 0 Å². The van der Waals surface area contributed by atoms with Gasteiger partial charge >= 0.3 is 0 Å². The lowest BCUT2D eigenvalue weighted by Gasteiger charge is -2.02. The topological polar surface area (TPSA) is 21.6 Å². The fourth-order valence-corrected chi connectivity index (χ4v) is 1.34. The van der Waals surface area contributed by atoms with E-state index in [9.17, 15) is 0 Å². The maximum Gasteiger partial charge on any atom is 0.146 e. The molecule has 0 N–H and O–H groups in total. The summed E-state index contributed by atoms with van der Waals surface area (Å²) in [5.74, 6) is 1.29. The molecule has 0 saturated carbocycles. The van der Waals surface area contributed by atoms with E-state index < -0.39 is 0 Å². The molecular formula is C9H16ClNO. The van der Waals surface area contributed by atoms with E-state index in [-0.39, 0.29) is 6.10 Å². The van der Waals surface area contributed by atoms with E-state index in [1.165, 1.54) is 12.1 Å². The Kier molecular flexibility index (Phi) is 3.86.